The average molecular weight is 246 g/mol. The van der Waals surface area contributed by atoms with Crippen LogP contribution < -0.4 is 10.6 Å². The molecule has 0 saturated heterocycles. The maximum atomic E-state index is 11.4. The minimum Gasteiger partial charge on any atom is -0.396 e. The van der Waals surface area contributed by atoms with Gasteiger partial charge in [0.15, 0.2) is 0 Å². The van der Waals surface area contributed by atoms with Crippen molar-refractivity contribution in [2.45, 2.75) is 12.8 Å². The quantitative estimate of drug-likeness (QED) is 0.245. The van der Waals surface area contributed by atoms with E-state index in [9.17, 15) is 4.79 Å². The molecule has 0 aliphatic carbocycles. The lowest BCUT2D eigenvalue weighted by Gasteiger charge is -2.03. The molecule has 0 aromatic heterocycles. The number of nitrogens with zero attached hydrogens (tertiary/aromatic N) is 1. The van der Waals surface area contributed by atoms with E-state index in [1.54, 1.807) is 6.07 Å². The van der Waals surface area contributed by atoms with E-state index >= 15 is 0 Å². The Morgan fingerprint density at radius 2 is 2.19 bits per heavy atom. The van der Waals surface area contributed by atoms with Crippen LogP contribution in [0.1, 0.15) is 12.8 Å². The van der Waals surface area contributed by atoms with E-state index in [0.29, 0.717) is 31.8 Å². The van der Waals surface area contributed by atoms with Crippen LogP contribution in [0.3, 0.4) is 0 Å². The van der Waals surface area contributed by atoms with Gasteiger partial charge in [-0.15, -0.1) is 11.6 Å². The molecule has 0 aromatic carbocycles. The van der Waals surface area contributed by atoms with Crippen molar-refractivity contribution in [3.63, 3.8) is 0 Å². The molecule has 0 aliphatic heterocycles. The van der Waals surface area contributed by atoms with Crippen molar-refractivity contribution in [2.24, 2.45) is 0 Å². The first-order chi connectivity index (χ1) is 7.76. The molecule has 6 heteroatoms. The number of aliphatic hydroxyl groups excluding tert-OH is 1. The molecule has 3 N–H and O–H groups in total. The smallest absolute Gasteiger partial charge is 0.263 e. The number of rotatable bonds is 8. The molecule has 90 valence electrons. The van der Waals surface area contributed by atoms with Crippen molar-refractivity contribution in [1.82, 2.24) is 10.6 Å². The molecule has 0 radical (unpaired) electrons. The fourth-order valence-electron chi connectivity index (χ4n) is 0.868. The Balaban J connectivity index is 3.96. The van der Waals surface area contributed by atoms with Crippen molar-refractivity contribution in [2.75, 3.05) is 25.6 Å². The highest BCUT2D eigenvalue weighted by Crippen LogP contribution is 1.91. The number of carbonyl (C=O) groups excluding carboxylic acids is 1. The van der Waals surface area contributed by atoms with Gasteiger partial charge >= 0.3 is 0 Å². The van der Waals surface area contributed by atoms with E-state index in [0.717, 1.165) is 0 Å². The highest BCUT2D eigenvalue weighted by molar-refractivity contribution is 6.17. The summed E-state index contributed by atoms with van der Waals surface area (Å²) in [4.78, 5) is 11.4. The maximum absolute atomic E-state index is 11.4. The summed E-state index contributed by atoms with van der Waals surface area (Å²) in [6, 6.07) is 1.80. The molecule has 0 heterocycles. The third-order valence-corrected chi connectivity index (χ3v) is 1.95. The van der Waals surface area contributed by atoms with Crippen LogP contribution >= 0.6 is 11.6 Å². The molecule has 16 heavy (non-hydrogen) atoms. The van der Waals surface area contributed by atoms with Crippen LogP contribution in [-0.4, -0.2) is 36.6 Å². The lowest BCUT2D eigenvalue weighted by Crippen LogP contribution is -2.27. The molecular weight excluding hydrogens is 230 g/mol. The topological polar surface area (TPSA) is 85.2 Å². The van der Waals surface area contributed by atoms with Gasteiger partial charge in [-0.05, 0) is 12.8 Å². The third kappa shape index (κ3) is 7.10. The summed E-state index contributed by atoms with van der Waals surface area (Å²) in [7, 11) is 0. The molecule has 0 saturated carbocycles. The molecule has 0 bridgehead atoms. The summed E-state index contributed by atoms with van der Waals surface area (Å²) in [5.74, 6) is 0.0600. The standard InChI is InChI=1S/C10H16ClN3O2/c11-3-1-5-14-10(16)9(7-12)8-13-4-2-6-15/h8,13,15H,1-6H2,(H,14,16)/b9-8-. The van der Waals surface area contributed by atoms with Crippen molar-refractivity contribution < 1.29 is 9.90 Å². The molecule has 0 aliphatic rings. The summed E-state index contributed by atoms with van der Waals surface area (Å²) in [6.45, 7) is 1.05. The molecule has 0 spiro atoms. The average Bonchev–Trinajstić information content (AvgIpc) is 2.29. The summed E-state index contributed by atoms with van der Waals surface area (Å²) < 4.78 is 0. The molecule has 0 atom stereocenters. The third-order valence-electron chi connectivity index (χ3n) is 1.69. The Morgan fingerprint density at radius 3 is 2.75 bits per heavy atom. The summed E-state index contributed by atoms with van der Waals surface area (Å²) in [5, 5.41) is 22.6. The predicted octanol–water partition coefficient (Wildman–Crippen LogP) is 0.111. The monoisotopic (exact) mass is 245 g/mol. The summed E-state index contributed by atoms with van der Waals surface area (Å²) in [5.41, 5.74) is 0.0208. The van der Waals surface area contributed by atoms with Gasteiger partial charge in [0.1, 0.15) is 11.6 Å². The zero-order valence-electron chi connectivity index (χ0n) is 9.00. The summed E-state index contributed by atoms with van der Waals surface area (Å²) >= 11 is 5.45. The first-order valence-corrected chi connectivity index (χ1v) is 5.58. The van der Waals surface area contributed by atoms with Gasteiger partial charge in [0.25, 0.3) is 5.91 Å². The van der Waals surface area contributed by atoms with Gasteiger partial charge in [0, 0.05) is 31.8 Å². The van der Waals surface area contributed by atoms with Crippen molar-refractivity contribution in [3.05, 3.63) is 11.8 Å². The number of alkyl halides is 1. The van der Waals surface area contributed by atoms with E-state index < -0.39 is 5.91 Å². The molecule has 1 amide bonds. The van der Waals surface area contributed by atoms with Crippen LogP contribution in [-0.2, 0) is 4.79 Å². The molecule has 0 fully saturated rings. The van der Waals surface area contributed by atoms with Crippen molar-refractivity contribution in [1.29, 1.82) is 5.26 Å². The van der Waals surface area contributed by atoms with E-state index in [-0.39, 0.29) is 12.2 Å². The lowest BCUT2D eigenvalue weighted by molar-refractivity contribution is -0.117. The predicted molar refractivity (Wildman–Crippen MR) is 61.7 cm³/mol. The largest absolute Gasteiger partial charge is 0.396 e. The highest BCUT2D eigenvalue weighted by atomic mass is 35.5. The number of nitriles is 1. The van der Waals surface area contributed by atoms with Crippen LogP contribution in [0.5, 0.6) is 0 Å². The van der Waals surface area contributed by atoms with Crippen LogP contribution in [0.4, 0.5) is 0 Å². The number of nitrogens with one attached hydrogen (secondary N) is 2. The van der Waals surface area contributed by atoms with Gasteiger partial charge in [-0.1, -0.05) is 0 Å². The van der Waals surface area contributed by atoms with Gasteiger partial charge < -0.3 is 15.7 Å². The molecular formula is C10H16ClN3O2. The first-order valence-electron chi connectivity index (χ1n) is 5.05. The Labute approximate surface area is 100 Å². The fourth-order valence-corrected chi connectivity index (χ4v) is 1.00. The van der Waals surface area contributed by atoms with E-state index in [1.165, 1.54) is 6.20 Å². The van der Waals surface area contributed by atoms with Crippen LogP contribution in [0.25, 0.3) is 0 Å². The molecule has 5 nitrogen and oxygen atoms in total. The Bertz CT molecular complexity index is 274. The van der Waals surface area contributed by atoms with Crippen LogP contribution in [0.2, 0.25) is 0 Å². The van der Waals surface area contributed by atoms with Crippen molar-refractivity contribution >= 4 is 17.5 Å². The second-order valence-corrected chi connectivity index (χ2v) is 3.38. The SMILES string of the molecule is N#C/C(=C/NCCCO)C(=O)NCCCCl. The minimum atomic E-state index is -0.413. The summed E-state index contributed by atoms with van der Waals surface area (Å²) in [6.07, 6.45) is 2.60. The first kappa shape index (κ1) is 14.8. The minimum absolute atomic E-state index is 0.0208. The molecule has 0 aromatic rings. The normalized spacial score (nSPS) is 10.7. The van der Waals surface area contributed by atoms with E-state index in [4.69, 9.17) is 22.0 Å². The van der Waals surface area contributed by atoms with Gasteiger partial charge in [0.05, 0.1) is 0 Å². The highest BCUT2D eigenvalue weighted by Gasteiger charge is 2.06. The number of hydrogen-bond acceptors (Lipinski definition) is 4. The van der Waals surface area contributed by atoms with Crippen LogP contribution in [0, 0.1) is 11.3 Å². The van der Waals surface area contributed by atoms with Gasteiger partial charge in [-0.25, -0.2) is 0 Å². The zero-order valence-corrected chi connectivity index (χ0v) is 9.76. The van der Waals surface area contributed by atoms with Crippen LogP contribution in [0.15, 0.2) is 11.8 Å². The zero-order chi connectivity index (χ0) is 12.2. The van der Waals surface area contributed by atoms with Gasteiger partial charge in [-0.2, -0.15) is 5.26 Å². The number of halogens is 1. The lowest BCUT2D eigenvalue weighted by atomic mass is 10.3. The molecule has 0 unspecified atom stereocenters. The molecule has 0 rings (SSSR count). The van der Waals surface area contributed by atoms with E-state index in [1.807, 2.05) is 0 Å². The number of carbonyl (C=O) groups is 1. The number of amides is 1. The van der Waals surface area contributed by atoms with Crippen molar-refractivity contribution in [3.8, 4) is 6.07 Å². The fraction of sp³-hybridized carbons (Fsp3) is 0.600. The Morgan fingerprint density at radius 1 is 1.44 bits per heavy atom. The Kier molecular flexibility index (Phi) is 9.47. The van der Waals surface area contributed by atoms with Gasteiger partial charge in [0.2, 0.25) is 0 Å². The maximum Gasteiger partial charge on any atom is 0.263 e. The number of hydrogen-bond donors (Lipinski definition) is 3. The second kappa shape index (κ2) is 10.3. The Hall–Kier alpha value is -1.25. The number of aliphatic hydroxyl groups is 1. The second-order valence-electron chi connectivity index (χ2n) is 3.00. The van der Waals surface area contributed by atoms with Gasteiger partial charge in [-0.3, -0.25) is 4.79 Å². The van der Waals surface area contributed by atoms with E-state index in [2.05, 4.69) is 10.6 Å².